The van der Waals surface area contributed by atoms with Crippen molar-refractivity contribution < 1.29 is 22.7 Å². The molecule has 156 valence electrons. The molecule has 0 saturated carbocycles. The Labute approximate surface area is 175 Å². The molecule has 0 unspecified atom stereocenters. The summed E-state index contributed by atoms with van der Waals surface area (Å²) in [4.78, 5) is 20.6. The van der Waals surface area contributed by atoms with Crippen LogP contribution >= 0.6 is 11.8 Å². The van der Waals surface area contributed by atoms with Gasteiger partial charge in [0.1, 0.15) is 11.4 Å². The second kappa shape index (κ2) is 8.51. The van der Waals surface area contributed by atoms with Gasteiger partial charge in [0.25, 0.3) is 5.91 Å². The molecule has 9 heteroatoms. The summed E-state index contributed by atoms with van der Waals surface area (Å²) in [6.45, 7) is 0. The van der Waals surface area contributed by atoms with Gasteiger partial charge in [0.05, 0.1) is 11.1 Å². The summed E-state index contributed by atoms with van der Waals surface area (Å²) in [5.41, 5.74) is 0.128. The lowest BCUT2D eigenvalue weighted by Gasteiger charge is -2.22. The van der Waals surface area contributed by atoms with Crippen molar-refractivity contribution in [3.8, 4) is 11.6 Å². The molecule has 1 amide bonds. The number of fused-ring (bicyclic) bond motifs is 1. The van der Waals surface area contributed by atoms with Gasteiger partial charge in [-0.25, -0.2) is 9.97 Å². The molecular weight excluding hydrogens is 415 g/mol. The molecule has 0 atom stereocenters. The molecule has 3 heterocycles. The van der Waals surface area contributed by atoms with Gasteiger partial charge in [-0.1, -0.05) is 6.07 Å². The third-order valence-corrected chi connectivity index (χ3v) is 5.78. The van der Waals surface area contributed by atoms with Crippen LogP contribution in [0, 0.1) is 0 Å². The molecule has 0 aliphatic carbocycles. The maximum atomic E-state index is 12.6. The number of nitrogens with one attached hydrogen (secondary N) is 1. The summed E-state index contributed by atoms with van der Waals surface area (Å²) < 4.78 is 43.4. The van der Waals surface area contributed by atoms with Crippen molar-refractivity contribution in [1.82, 2.24) is 15.3 Å². The number of carbonyl (C=O) groups is 1. The Morgan fingerprint density at radius 3 is 2.60 bits per heavy atom. The summed E-state index contributed by atoms with van der Waals surface area (Å²) in [6.07, 6.45) is -1.79. The largest absolute Gasteiger partial charge is 0.439 e. The molecule has 1 aliphatic heterocycles. The Kier molecular flexibility index (Phi) is 5.80. The first-order valence-corrected chi connectivity index (χ1v) is 10.5. The lowest BCUT2D eigenvalue weighted by atomic mass is 10.1. The van der Waals surface area contributed by atoms with E-state index < -0.39 is 11.7 Å². The lowest BCUT2D eigenvalue weighted by Crippen LogP contribution is -2.37. The molecule has 1 fully saturated rings. The number of hydrogen-bond donors (Lipinski definition) is 1. The van der Waals surface area contributed by atoms with E-state index in [1.54, 1.807) is 30.3 Å². The van der Waals surface area contributed by atoms with Crippen LogP contribution in [-0.4, -0.2) is 33.4 Å². The third-order valence-electron chi connectivity index (χ3n) is 4.74. The molecule has 2 aromatic heterocycles. The van der Waals surface area contributed by atoms with Gasteiger partial charge in [-0.2, -0.15) is 24.9 Å². The van der Waals surface area contributed by atoms with Crippen molar-refractivity contribution in [3.63, 3.8) is 0 Å². The highest BCUT2D eigenvalue weighted by Gasteiger charge is 2.30. The number of halogens is 3. The second-order valence-electron chi connectivity index (χ2n) is 6.90. The fourth-order valence-electron chi connectivity index (χ4n) is 3.12. The highest BCUT2D eigenvalue weighted by atomic mass is 32.2. The Bertz CT molecular complexity index is 1050. The maximum absolute atomic E-state index is 12.6. The van der Waals surface area contributed by atoms with E-state index in [9.17, 15) is 18.0 Å². The van der Waals surface area contributed by atoms with E-state index in [1.165, 1.54) is 6.07 Å². The fraction of sp³-hybridized carbons (Fsp3) is 0.286. The highest BCUT2D eigenvalue weighted by Crippen LogP contribution is 2.30. The van der Waals surface area contributed by atoms with Crippen LogP contribution in [0.1, 0.15) is 28.9 Å². The zero-order valence-electron chi connectivity index (χ0n) is 15.8. The molecule has 1 N–H and O–H groups in total. The first kappa shape index (κ1) is 20.5. The van der Waals surface area contributed by atoms with Gasteiger partial charge in [0, 0.05) is 23.7 Å². The van der Waals surface area contributed by atoms with Gasteiger partial charge in [0.15, 0.2) is 0 Å². The minimum atomic E-state index is -4.44. The van der Waals surface area contributed by atoms with Crippen LogP contribution in [0.25, 0.3) is 10.9 Å². The van der Waals surface area contributed by atoms with Crippen LogP contribution in [0.15, 0.2) is 48.7 Å². The minimum Gasteiger partial charge on any atom is -0.439 e. The smallest absolute Gasteiger partial charge is 0.417 e. The van der Waals surface area contributed by atoms with Crippen molar-refractivity contribution in [2.75, 3.05) is 11.5 Å². The Morgan fingerprint density at radius 1 is 1.10 bits per heavy atom. The number of rotatable bonds is 4. The molecule has 0 radical (unpaired) electrons. The van der Waals surface area contributed by atoms with Crippen LogP contribution in [0.2, 0.25) is 0 Å². The normalized spacial score (nSPS) is 15.2. The summed E-state index contributed by atoms with van der Waals surface area (Å²) in [6, 6.07) is 10.7. The van der Waals surface area contributed by atoms with Crippen molar-refractivity contribution >= 4 is 28.6 Å². The number of benzene rings is 1. The van der Waals surface area contributed by atoms with Crippen molar-refractivity contribution in [3.05, 3.63) is 59.9 Å². The summed E-state index contributed by atoms with van der Waals surface area (Å²) in [5.74, 6) is 2.37. The second-order valence-corrected chi connectivity index (χ2v) is 8.12. The number of thioether (sulfide) groups is 1. The summed E-state index contributed by atoms with van der Waals surface area (Å²) in [7, 11) is 0. The number of carbonyl (C=O) groups excluding carboxylic acids is 1. The van der Waals surface area contributed by atoms with Crippen LogP contribution < -0.4 is 10.1 Å². The molecule has 5 nitrogen and oxygen atoms in total. The topological polar surface area (TPSA) is 64.1 Å². The minimum absolute atomic E-state index is 0.0527. The van der Waals surface area contributed by atoms with Gasteiger partial charge in [-0.15, -0.1) is 0 Å². The van der Waals surface area contributed by atoms with E-state index >= 15 is 0 Å². The van der Waals surface area contributed by atoms with Crippen molar-refractivity contribution in [1.29, 1.82) is 0 Å². The SMILES string of the molecule is O=C(NC1CCSCC1)c1ccc2cc(Oc3ccc(C(F)(F)F)cn3)ccc2n1. The van der Waals surface area contributed by atoms with Gasteiger partial charge >= 0.3 is 6.18 Å². The van der Waals surface area contributed by atoms with E-state index in [1.807, 2.05) is 11.8 Å². The standard InChI is InChI=1S/C21H18F3N3O2S/c22-21(23,24)14-2-6-19(25-12-14)29-16-3-5-17-13(11-16)1-4-18(27-17)20(28)26-15-7-9-30-10-8-15/h1-6,11-12,15H,7-10H2,(H,26,28). The fourth-order valence-corrected chi connectivity index (χ4v) is 4.23. The van der Waals surface area contributed by atoms with Gasteiger partial charge in [-0.3, -0.25) is 4.79 Å². The van der Waals surface area contributed by atoms with Gasteiger partial charge in [-0.05, 0) is 54.7 Å². The average Bonchev–Trinajstić information content (AvgIpc) is 2.74. The Balaban J connectivity index is 1.47. The summed E-state index contributed by atoms with van der Waals surface area (Å²) in [5, 5.41) is 3.77. The lowest BCUT2D eigenvalue weighted by molar-refractivity contribution is -0.137. The third kappa shape index (κ3) is 4.84. The van der Waals surface area contributed by atoms with E-state index in [0.717, 1.165) is 42.0 Å². The molecule has 1 aliphatic rings. The van der Waals surface area contributed by atoms with Crippen LogP contribution in [-0.2, 0) is 6.18 Å². The van der Waals surface area contributed by atoms with Gasteiger partial charge < -0.3 is 10.1 Å². The molecule has 1 aromatic carbocycles. The van der Waals surface area contributed by atoms with Crippen LogP contribution in [0.3, 0.4) is 0 Å². The number of amides is 1. The first-order valence-electron chi connectivity index (χ1n) is 9.39. The summed E-state index contributed by atoms with van der Waals surface area (Å²) >= 11 is 1.89. The number of nitrogens with zero attached hydrogens (tertiary/aromatic N) is 2. The quantitative estimate of drug-likeness (QED) is 0.623. The van der Waals surface area contributed by atoms with Crippen molar-refractivity contribution in [2.24, 2.45) is 0 Å². The van der Waals surface area contributed by atoms with Crippen molar-refractivity contribution in [2.45, 2.75) is 25.1 Å². The molecule has 0 bridgehead atoms. The first-order chi connectivity index (χ1) is 14.4. The Hall–Kier alpha value is -2.81. The predicted molar refractivity (Wildman–Crippen MR) is 109 cm³/mol. The van der Waals surface area contributed by atoms with Gasteiger partial charge in [0.2, 0.25) is 5.88 Å². The zero-order valence-corrected chi connectivity index (χ0v) is 16.6. The molecule has 4 rings (SSSR count). The molecule has 0 spiro atoms. The van der Waals surface area contributed by atoms with E-state index in [-0.39, 0.29) is 17.8 Å². The Morgan fingerprint density at radius 2 is 1.90 bits per heavy atom. The van der Waals surface area contributed by atoms with Crippen LogP contribution in [0.4, 0.5) is 13.2 Å². The molecule has 30 heavy (non-hydrogen) atoms. The monoisotopic (exact) mass is 433 g/mol. The predicted octanol–water partition coefficient (Wildman–Crippen LogP) is 5.07. The van der Waals surface area contributed by atoms with E-state index in [2.05, 4.69) is 15.3 Å². The molecule has 3 aromatic rings. The maximum Gasteiger partial charge on any atom is 0.417 e. The number of ether oxygens (including phenoxy) is 1. The van der Waals surface area contributed by atoms with Crippen LogP contribution in [0.5, 0.6) is 11.6 Å². The highest BCUT2D eigenvalue weighted by molar-refractivity contribution is 7.99. The number of alkyl halides is 3. The average molecular weight is 433 g/mol. The zero-order chi connectivity index (χ0) is 21.1. The molecule has 1 saturated heterocycles. The molecular formula is C21H18F3N3O2S. The number of hydrogen-bond acceptors (Lipinski definition) is 5. The van der Waals surface area contributed by atoms with E-state index in [0.29, 0.717) is 17.0 Å². The number of pyridine rings is 2. The van der Waals surface area contributed by atoms with E-state index in [4.69, 9.17) is 4.74 Å². The number of aromatic nitrogens is 2.